The second-order valence-electron chi connectivity index (χ2n) is 8.23. The molecule has 2 rings (SSSR count). The van der Waals surface area contributed by atoms with E-state index >= 15 is 0 Å². The number of rotatable bonds is 7. The van der Waals surface area contributed by atoms with Crippen molar-refractivity contribution in [3.63, 3.8) is 0 Å². The van der Waals surface area contributed by atoms with Crippen molar-refractivity contribution in [1.29, 1.82) is 0 Å². The molecule has 0 bridgehead atoms. The number of Topliss-reactive ketones (excluding diaryl/α,β-unsaturated/α-hetero) is 2. The van der Waals surface area contributed by atoms with Gasteiger partial charge >= 0.3 is 0 Å². The second kappa shape index (κ2) is 7.86. The summed E-state index contributed by atoms with van der Waals surface area (Å²) in [6.45, 7) is 9.61. The Balaban J connectivity index is 2.52. The van der Waals surface area contributed by atoms with E-state index in [0.29, 0.717) is 22.4 Å². The van der Waals surface area contributed by atoms with Crippen LogP contribution in [0.2, 0.25) is 0 Å². The highest BCUT2D eigenvalue weighted by Gasteiger charge is 2.27. The van der Waals surface area contributed by atoms with E-state index in [4.69, 9.17) is 4.74 Å². The molecule has 0 heterocycles. The molecule has 0 unspecified atom stereocenters. The van der Waals surface area contributed by atoms with Crippen LogP contribution >= 0.6 is 0 Å². The fraction of sp³-hybridized carbons (Fsp3) is 0.391. The number of ether oxygens (including phenoxy) is 1. The largest absolute Gasteiger partial charge is 0.490 e. The predicted octanol–water partition coefficient (Wildman–Crippen LogP) is 4.05. The zero-order valence-corrected chi connectivity index (χ0v) is 17.2. The summed E-state index contributed by atoms with van der Waals surface area (Å²) in [4.78, 5) is 24.7. The number of ketones is 2. The summed E-state index contributed by atoms with van der Waals surface area (Å²) in [5.41, 5.74) is -0.728. The second-order valence-corrected chi connectivity index (χ2v) is 8.23. The van der Waals surface area contributed by atoms with E-state index in [0.717, 1.165) is 5.56 Å². The summed E-state index contributed by atoms with van der Waals surface area (Å²) in [6.07, 6.45) is -0.0642. The lowest BCUT2D eigenvalue weighted by Crippen LogP contribution is -2.31. The number of hydrogen-bond acceptors (Lipinski definition) is 5. The minimum atomic E-state index is -1.49. The molecule has 28 heavy (non-hydrogen) atoms. The van der Waals surface area contributed by atoms with Crippen molar-refractivity contribution >= 4 is 11.6 Å². The third-order valence-corrected chi connectivity index (χ3v) is 4.17. The molecule has 5 heteroatoms. The number of hydrogen-bond donors (Lipinski definition) is 2. The molecule has 0 atom stereocenters. The van der Waals surface area contributed by atoms with E-state index in [1.807, 2.05) is 13.8 Å². The van der Waals surface area contributed by atoms with Crippen molar-refractivity contribution in [3.05, 3.63) is 53.6 Å². The minimum Gasteiger partial charge on any atom is -0.490 e. The Bertz CT molecular complexity index is 865. The van der Waals surface area contributed by atoms with E-state index < -0.39 is 17.0 Å². The van der Waals surface area contributed by atoms with Crippen LogP contribution in [0.3, 0.4) is 0 Å². The standard InChI is InChI=1S/C23H28O5/c1-14(2)28-19-12-11-17(21(25)23(5,6)27)13-18(19)15-7-9-16(10-8-15)20(24)22(3,4)26/h7-14,26-27H,1-6H3. The molecule has 0 radical (unpaired) electrons. The Morgan fingerprint density at radius 2 is 1.29 bits per heavy atom. The summed E-state index contributed by atoms with van der Waals surface area (Å²) in [5.74, 6) is -0.161. The molecule has 0 fully saturated rings. The van der Waals surface area contributed by atoms with Crippen molar-refractivity contribution < 1.29 is 24.5 Å². The Morgan fingerprint density at radius 3 is 1.75 bits per heavy atom. The minimum absolute atomic E-state index is 0.0642. The molecule has 0 spiro atoms. The van der Waals surface area contributed by atoms with E-state index in [1.54, 1.807) is 42.5 Å². The zero-order valence-electron chi connectivity index (χ0n) is 17.2. The average molecular weight is 384 g/mol. The molecular formula is C23H28O5. The van der Waals surface area contributed by atoms with Gasteiger partial charge in [-0.3, -0.25) is 9.59 Å². The Labute approximate surface area is 166 Å². The van der Waals surface area contributed by atoms with Gasteiger partial charge in [-0.05, 0) is 65.3 Å². The number of aliphatic hydroxyl groups is 2. The van der Waals surface area contributed by atoms with Crippen molar-refractivity contribution in [3.8, 4) is 16.9 Å². The van der Waals surface area contributed by atoms with Crippen LogP contribution in [-0.4, -0.2) is 39.1 Å². The van der Waals surface area contributed by atoms with Gasteiger partial charge < -0.3 is 14.9 Å². The molecule has 0 aliphatic carbocycles. The highest BCUT2D eigenvalue weighted by molar-refractivity contribution is 6.03. The van der Waals surface area contributed by atoms with Crippen LogP contribution in [0.1, 0.15) is 62.3 Å². The van der Waals surface area contributed by atoms with Gasteiger partial charge in [-0.2, -0.15) is 0 Å². The molecule has 2 N–H and O–H groups in total. The van der Waals surface area contributed by atoms with Crippen molar-refractivity contribution in [2.45, 2.75) is 58.8 Å². The van der Waals surface area contributed by atoms with E-state index in [2.05, 4.69) is 0 Å². The smallest absolute Gasteiger partial charge is 0.193 e. The molecule has 0 aliphatic heterocycles. The lowest BCUT2D eigenvalue weighted by atomic mass is 9.92. The first-order valence-electron chi connectivity index (χ1n) is 9.26. The van der Waals surface area contributed by atoms with Crippen molar-refractivity contribution in [2.24, 2.45) is 0 Å². The van der Waals surface area contributed by atoms with Gasteiger partial charge in [-0.25, -0.2) is 0 Å². The third-order valence-electron chi connectivity index (χ3n) is 4.17. The van der Waals surface area contributed by atoms with Crippen LogP contribution in [0.5, 0.6) is 5.75 Å². The fourth-order valence-corrected chi connectivity index (χ4v) is 2.76. The maximum absolute atomic E-state index is 12.5. The van der Waals surface area contributed by atoms with Gasteiger partial charge in [-0.15, -0.1) is 0 Å². The molecule has 0 saturated heterocycles. The number of benzene rings is 2. The number of carbonyl (C=O) groups is 2. The Kier molecular flexibility index (Phi) is 6.12. The highest BCUT2D eigenvalue weighted by Crippen LogP contribution is 2.33. The van der Waals surface area contributed by atoms with Gasteiger partial charge in [0, 0.05) is 16.7 Å². The molecule has 0 aliphatic rings. The maximum atomic E-state index is 12.5. The van der Waals surface area contributed by atoms with E-state index in [1.165, 1.54) is 27.7 Å². The van der Waals surface area contributed by atoms with E-state index in [-0.39, 0.29) is 11.9 Å². The lowest BCUT2D eigenvalue weighted by molar-refractivity contribution is 0.0487. The van der Waals surface area contributed by atoms with Crippen LogP contribution in [-0.2, 0) is 0 Å². The SMILES string of the molecule is CC(C)Oc1ccc(C(=O)C(C)(C)O)cc1-c1ccc(C(=O)C(C)(C)O)cc1. The summed E-state index contributed by atoms with van der Waals surface area (Å²) >= 11 is 0. The van der Waals surface area contributed by atoms with Gasteiger partial charge in [0.1, 0.15) is 17.0 Å². The summed E-state index contributed by atoms with van der Waals surface area (Å²) in [5, 5.41) is 20.0. The Morgan fingerprint density at radius 1 is 0.821 bits per heavy atom. The third kappa shape index (κ3) is 5.06. The normalized spacial score (nSPS) is 12.2. The van der Waals surface area contributed by atoms with Crippen LogP contribution in [0.4, 0.5) is 0 Å². The first-order valence-corrected chi connectivity index (χ1v) is 9.26. The van der Waals surface area contributed by atoms with Gasteiger partial charge in [-0.1, -0.05) is 24.3 Å². The monoisotopic (exact) mass is 384 g/mol. The van der Waals surface area contributed by atoms with Crippen LogP contribution in [0.25, 0.3) is 11.1 Å². The van der Waals surface area contributed by atoms with E-state index in [9.17, 15) is 19.8 Å². The highest BCUT2D eigenvalue weighted by atomic mass is 16.5. The van der Waals surface area contributed by atoms with Crippen molar-refractivity contribution in [2.75, 3.05) is 0 Å². The molecule has 5 nitrogen and oxygen atoms in total. The van der Waals surface area contributed by atoms with Gasteiger partial charge in [0.05, 0.1) is 6.10 Å². The number of carbonyl (C=O) groups excluding carboxylic acids is 2. The molecule has 2 aromatic carbocycles. The lowest BCUT2D eigenvalue weighted by Gasteiger charge is -2.19. The zero-order chi connectivity index (χ0) is 21.3. The summed E-state index contributed by atoms with van der Waals surface area (Å²) in [7, 11) is 0. The van der Waals surface area contributed by atoms with Crippen LogP contribution in [0, 0.1) is 0 Å². The first-order chi connectivity index (χ1) is 12.8. The van der Waals surface area contributed by atoms with Gasteiger partial charge in [0.15, 0.2) is 11.6 Å². The van der Waals surface area contributed by atoms with Gasteiger partial charge in [0.2, 0.25) is 0 Å². The first kappa shape index (κ1) is 21.8. The Hall–Kier alpha value is -2.50. The van der Waals surface area contributed by atoms with Crippen LogP contribution in [0.15, 0.2) is 42.5 Å². The molecule has 0 saturated carbocycles. The molecule has 2 aromatic rings. The molecule has 0 aromatic heterocycles. The fourth-order valence-electron chi connectivity index (χ4n) is 2.76. The molecular weight excluding hydrogens is 356 g/mol. The topological polar surface area (TPSA) is 83.8 Å². The van der Waals surface area contributed by atoms with Crippen LogP contribution < -0.4 is 4.74 Å². The summed E-state index contributed by atoms with van der Waals surface area (Å²) in [6, 6.07) is 11.8. The summed E-state index contributed by atoms with van der Waals surface area (Å²) < 4.78 is 5.87. The predicted molar refractivity (Wildman–Crippen MR) is 109 cm³/mol. The van der Waals surface area contributed by atoms with Gasteiger partial charge in [0.25, 0.3) is 0 Å². The van der Waals surface area contributed by atoms with Crippen molar-refractivity contribution in [1.82, 2.24) is 0 Å². The maximum Gasteiger partial charge on any atom is 0.193 e. The quantitative estimate of drug-likeness (QED) is 0.704. The average Bonchev–Trinajstić information content (AvgIpc) is 2.59. The molecule has 0 amide bonds. The molecule has 150 valence electrons.